The first-order chi connectivity index (χ1) is 7.83. The maximum atomic E-state index is 4.34. The molecule has 1 aromatic heterocycles. The molecule has 92 valence electrons. The van der Waals surface area contributed by atoms with Crippen molar-refractivity contribution in [1.82, 2.24) is 4.98 Å². The van der Waals surface area contributed by atoms with E-state index in [0.717, 1.165) is 17.1 Å². The van der Waals surface area contributed by atoms with Gasteiger partial charge in [0.2, 0.25) is 0 Å². The number of aromatic nitrogens is 1. The summed E-state index contributed by atoms with van der Waals surface area (Å²) in [6.45, 7) is 12.1. The van der Waals surface area contributed by atoms with Crippen LogP contribution in [-0.4, -0.2) is 10.7 Å². The molecule has 1 nitrogen and oxygen atoms in total. The Balaban J connectivity index is 0. The quantitative estimate of drug-likeness (QED) is 0.722. The van der Waals surface area contributed by atoms with Crippen LogP contribution in [0.1, 0.15) is 46.0 Å². The van der Waals surface area contributed by atoms with Crippen LogP contribution in [0.2, 0.25) is 0 Å². The van der Waals surface area contributed by atoms with Crippen LogP contribution >= 0.6 is 11.8 Å². The Morgan fingerprint density at radius 3 is 2.31 bits per heavy atom. The van der Waals surface area contributed by atoms with Crippen LogP contribution in [0.15, 0.2) is 23.6 Å². The van der Waals surface area contributed by atoms with Crippen molar-refractivity contribution in [3.05, 3.63) is 35.0 Å². The molecule has 0 radical (unpaired) electrons. The molecule has 0 unspecified atom stereocenters. The van der Waals surface area contributed by atoms with E-state index in [9.17, 15) is 0 Å². The van der Waals surface area contributed by atoms with Gasteiger partial charge in [0.1, 0.15) is 0 Å². The van der Waals surface area contributed by atoms with Gasteiger partial charge >= 0.3 is 0 Å². The molecule has 1 rings (SSSR count). The number of nitrogens with zero attached hydrogens (tertiary/aromatic N) is 1. The second-order valence-corrected chi connectivity index (χ2v) is 3.64. The van der Waals surface area contributed by atoms with Gasteiger partial charge in [-0.15, -0.1) is 11.8 Å². The molecule has 1 aromatic rings. The van der Waals surface area contributed by atoms with E-state index < -0.39 is 0 Å². The molecule has 0 saturated carbocycles. The predicted molar refractivity (Wildman–Crippen MR) is 78.8 cm³/mol. The monoisotopic (exact) mass is 239 g/mol. The number of thioether (sulfide) groups is 1. The summed E-state index contributed by atoms with van der Waals surface area (Å²) >= 11 is 1.79. The third-order valence-electron chi connectivity index (χ3n) is 1.41. The van der Waals surface area contributed by atoms with Crippen molar-refractivity contribution in [2.45, 2.75) is 41.5 Å². The molecule has 0 N–H and O–H groups in total. The molecular weight excluding hydrogens is 214 g/mol. The van der Waals surface area contributed by atoms with Gasteiger partial charge in [-0.3, -0.25) is 4.98 Å². The molecule has 0 aliphatic carbocycles. The average molecular weight is 239 g/mol. The van der Waals surface area contributed by atoms with Gasteiger partial charge in [0.25, 0.3) is 0 Å². The largest absolute Gasteiger partial charge is 0.254 e. The molecule has 1 heterocycles. The van der Waals surface area contributed by atoms with Crippen molar-refractivity contribution in [3.63, 3.8) is 0 Å². The normalized spacial score (nSPS) is 8.88. The lowest BCUT2D eigenvalue weighted by atomic mass is 10.3. The maximum absolute atomic E-state index is 4.34. The number of rotatable bonds is 3. The zero-order valence-electron chi connectivity index (χ0n) is 11.4. The third-order valence-corrected chi connectivity index (χ3v) is 2.07. The Morgan fingerprint density at radius 2 is 1.81 bits per heavy atom. The zero-order valence-corrected chi connectivity index (χ0v) is 12.3. The number of hydrogen-bond acceptors (Lipinski definition) is 2. The SMILES string of the molecule is CC.CC.CCS/C=C/c1cccc(C)n1. The fourth-order valence-electron chi connectivity index (χ4n) is 0.871. The van der Waals surface area contributed by atoms with Gasteiger partial charge in [0, 0.05) is 5.69 Å². The minimum absolute atomic E-state index is 1.04. The summed E-state index contributed by atoms with van der Waals surface area (Å²) in [7, 11) is 0. The van der Waals surface area contributed by atoms with Crippen LogP contribution in [0.3, 0.4) is 0 Å². The summed E-state index contributed by atoms with van der Waals surface area (Å²) in [5.74, 6) is 1.11. The van der Waals surface area contributed by atoms with Crippen molar-refractivity contribution < 1.29 is 0 Å². The highest BCUT2D eigenvalue weighted by Crippen LogP contribution is 2.06. The fourth-order valence-corrected chi connectivity index (χ4v) is 1.30. The van der Waals surface area contributed by atoms with E-state index in [4.69, 9.17) is 0 Å². The van der Waals surface area contributed by atoms with Gasteiger partial charge in [-0.2, -0.15) is 0 Å². The smallest absolute Gasteiger partial charge is 0.0637 e. The summed E-state index contributed by atoms with van der Waals surface area (Å²) in [5.41, 5.74) is 2.11. The Labute approximate surface area is 105 Å². The van der Waals surface area contributed by atoms with Crippen molar-refractivity contribution in [2.75, 3.05) is 5.75 Å². The van der Waals surface area contributed by atoms with Gasteiger partial charge in [0.15, 0.2) is 0 Å². The molecule has 0 aliphatic heterocycles. The molecule has 0 fully saturated rings. The lowest BCUT2D eigenvalue weighted by Crippen LogP contribution is -1.82. The molecule has 0 amide bonds. The molecular formula is C14H25NS. The van der Waals surface area contributed by atoms with Crippen molar-refractivity contribution in [1.29, 1.82) is 0 Å². The standard InChI is InChI=1S/C10H13NS.2C2H6/c1-3-12-8-7-10-6-4-5-9(2)11-10;2*1-2/h4-8H,3H2,1-2H3;2*1-2H3/b8-7+;;. The van der Waals surface area contributed by atoms with E-state index >= 15 is 0 Å². The summed E-state index contributed by atoms with van der Waals surface area (Å²) < 4.78 is 0. The topological polar surface area (TPSA) is 12.9 Å². The van der Waals surface area contributed by atoms with E-state index in [1.54, 1.807) is 11.8 Å². The van der Waals surface area contributed by atoms with Gasteiger partial charge in [-0.05, 0) is 36.3 Å². The highest BCUT2D eigenvalue weighted by molar-refractivity contribution is 8.02. The summed E-state index contributed by atoms with van der Waals surface area (Å²) in [6, 6.07) is 6.04. The Bertz CT molecular complexity index is 269. The van der Waals surface area contributed by atoms with Gasteiger partial charge < -0.3 is 0 Å². The van der Waals surface area contributed by atoms with Crippen LogP contribution < -0.4 is 0 Å². The van der Waals surface area contributed by atoms with Gasteiger partial charge in [0.05, 0.1) is 5.69 Å². The molecule has 0 aliphatic rings. The molecule has 0 spiro atoms. The summed E-state index contributed by atoms with van der Waals surface area (Å²) in [5, 5.41) is 2.09. The third kappa shape index (κ3) is 9.78. The summed E-state index contributed by atoms with van der Waals surface area (Å²) in [4.78, 5) is 4.34. The molecule has 0 atom stereocenters. The Morgan fingerprint density at radius 1 is 1.19 bits per heavy atom. The van der Waals surface area contributed by atoms with Crippen molar-refractivity contribution >= 4 is 17.8 Å². The van der Waals surface area contributed by atoms with E-state index in [1.165, 1.54) is 0 Å². The number of hydrogen-bond donors (Lipinski definition) is 0. The Hall–Kier alpha value is -0.760. The fraction of sp³-hybridized carbons (Fsp3) is 0.500. The molecule has 0 bridgehead atoms. The second kappa shape index (κ2) is 14.2. The highest BCUT2D eigenvalue weighted by atomic mass is 32.2. The van der Waals surface area contributed by atoms with E-state index in [0.29, 0.717) is 0 Å². The van der Waals surface area contributed by atoms with Crippen LogP contribution in [0, 0.1) is 6.92 Å². The maximum Gasteiger partial charge on any atom is 0.0637 e. The zero-order chi connectivity index (χ0) is 12.8. The van der Waals surface area contributed by atoms with Crippen LogP contribution in [0.5, 0.6) is 0 Å². The first-order valence-corrected chi connectivity index (χ1v) is 7.09. The molecule has 0 saturated heterocycles. The van der Waals surface area contributed by atoms with E-state index in [-0.39, 0.29) is 0 Å². The average Bonchev–Trinajstić information content (AvgIpc) is 2.35. The first kappa shape index (κ1) is 17.6. The molecule has 2 heteroatoms. The molecule has 16 heavy (non-hydrogen) atoms. The van der Waals surface area contributed by atoms with E-state index in [1.807, 2.05) is 58.9 Å². The lowest BCUT2D eigenvalue weighted by Gasteiger charge is -1.93. The Kier molecular flexibility index (Phi) is 15.7. The molecule has 0 aromatic carbocycles. The number of aryl methyl sites for hydroxylation is 1. The minimum atomic E-state index is 1.04. The highest BCUT2D eigenvalue weighted by Gasteiger charge is 1.87. The number of pyridine rings is 1. The second-order valence-electron chi connectivity index (χ2n) is 2.46. The van der Waals surface area contributed by atoms with Gasteiger partial charge in [-0.25, -0.2) is 0 Å². The first-order valence-electron chi connectivity index (χ1n) is 6.04. The van der Waals surface area contributed by atoms with Crippen molar-refractivity contribution in [3.8, 4) is 0 Å². The minimum Gasteiger partial charge on any atom is -0.254 e. The van der Waals surface area contributed by atoms with Crippen LogP contribution in [-0.2, 0) is 0 Å². The lowest BCUT2D eigenvalue weighted by molar-refractivity contribution is 1.18. The summed E-state index contributed by atoms with van der Waals surface area (Å²) in [6.07, 6.45) is 2.04. The van der Waals surface area contributed by atoms with Crippen LogP contribution in [0.4, 0.5) is 0 Å². The van der Waals surface area contributed by atoms with Crippen molar-refractivity contribution in [2.24, 2.45) is 0 Å². The van der Waals surface area contributed by atoms with Crippen LogP contribution in [0.25, 0.3) is 6.08 Å². The van der Waals surface area contributed by atoms with Gasteiger partial charge in [-0.1, -0.05) is 40.7 Å². The predicted octanol–water partition coefficient (Wildman–Crippen LogP) is 5.17. The van der Waals surface area contributed by atoms with E-state index in [2.05, 4.69) is 17.3 Å².